The summed E-state index contributed by atoms with van der Waals surface area (Å²) in [6, 6.07) is 6.13. The number of carbonyl (C=O) groups is 2. The van der Waals surface area contributed by atoms with E-state index in [0.29, 0.717) is 30.4 Å². The molecule has 1 saturated carbocycles. The Morgan fingerprint density at radius 2 is 2.14 bits per heavy atom. The van der Waals surface area contributed by atoms with Crippen LogP contribution in [0.5, 0.6) is 0 Å². The molecule has 2 aromatic heterocycles. The highest BCUT2D eigenvalue weighted by molar-refractivity contribution is 6.00. The predicted octanol–water partition coefficient (Wildman–Crippen LogP) is 3.59. The average Bonchev–Trinajstić information content (AvgIpc) is 3.19. The number of hydrogen-bond donors (Lipinski definition) is 1. The van der Waals surface area contributed by atoms with Crippen LogP contribution in [0.1, 0.15) is 58.7 Å². The van der Waals surface area contributed by atoms with E-state index in [0.717, 1.165) is 27.9 Å². The van der Waals surface area contributed by atoms with Gasteiger partial charge in [-0.3, -0.25) is 9.36 Å². The van der Waals surface area contributed by atoms with E-state index in [2.05, 4.69) is 23.0 Å². The Morgan fingerprint density at radius 1 is 1.34 bits per heavy atom. The molecular weight excluding hydrogens is 368 g/mol. The summed E-state index contributed by atoms with van der Waals surface area (Å²) in [6.07, 6.45) is 4.17. The van der Waals surface area contributed by atoms with Gasteiger partial charge in [-0.2, -0.15) is 0 Å². The van der Waals surface area contributed by atoms with Crippen LogP contribution in [0.15, 0.2) is 24.5 Å². The van der Waals surface area contributed by atoms with Gasteiger partial charge in [0.15, 0.2) is 5.65 Å². The first kappa shape index (κ1) is 18.0. The van der Waals surface area contributed by atoms with Crippen molar-refractivity contribution >= 4 is 23.0 Å². The number of benzene rings is 1. The molecule has 0 radical (unpaired) electrons. The molecule has 1 aliphatic carbocycles. The molecule has 1 atom stereocenters. The molecule has 1 fully saturated rings. The molecule has 1 aliphatic heterocycles. The van der Waals surface area contributed by atoms with Crippen molar-refractivity contribution in [2.24, 2.45) is 5.92 Å². The minimum atomic E-state index is -0.391. The molecule has 0 bridgehead atoms. The number of aryl methyl sites for hydroxylation is 1. The number of ether oxygens (including phenoxy) is 1. The van der Waals surface area contributed by atoms with Gasteiger partial charge in [0.05, 0.1) is 12.1 Å². The minimum Gasteiger partial charge on any atom is -0.461 e. The third-order valence-electron chi connectivity index (χ3n) is 6.13. The number of H-pyrrole nitrogens is 1. The molecule has 1 amide bonds. The van der Waals surface area contributed by atoms with E-state index < -0.39 is 5.97 Å². The van der Waals surface area contributed by atoms with Crippen molar-refractivity contribution in [1.82, 2.24) is 19.4 Å². The molecular formula is C22H24N4O3. The lowest BCUT2D eigenvalue weighted by Crippen LogP contribution is -2.34. The van der Waals surface area contributed by atoms with Gasteiger partial charge in [0.1, 0.15) is 12.0 Å². The van der Waals surface area contributed by atoms with Crippen molar-refractivity contribution in [3.8, 4) is 5.69 Å². The summed E-state index contributed by atoms with van der Waals surface area (Å²) in [5.41, 5.74) is 5.62. The van der Waals surface area contributed by atoms with Gasteiger partial charge < -0.3 is 14.6 Å². The lowest BCUT2D eigenvalue weighted by Gasteiger charge is -2.24. The maximum atomic E-state index is 13.0. The second kappa shape index (κ2) is 6.47. The zero-order valence-electron chi connectivity index (χ0n) is 16.9. The van der Waals surface area contributed by atoms with Crippen LogP contribution < -0.4 is 0 Å². The lowest BCUT2D eigenvalue weighted by atomic mass is 10.0. The van der Waals surface area contributed by atoms with Gasteiger partial charge in [-0.1, -0.05) is 0 Å². The Labute approximate surface area is 168 Å². The van der Waals surface area contributed by atoms with E-state index in [1.54, 1.807) is 19.3 Å². The number of fused-ring (bicyclic) bond motifs is 2. The molecule has 150 valence electrons. The standard InChI is InChI=1S/C22H24N4O3/c1-4-29-22(28)17-9-18-20(24-17)23-11-26(18)16-7-12(2)19-15(8-16)10-25(21(19)27)13(3)14-5-6-14/h7-9,11,13-14,24H,4-6,10H2,1-3H3/t13-/m0/s1. The zero-order chi connectivity index (χ0) is 20.3. The fraction of sp³-hybridized carbons (Fsp3) is 0.409. The van der Waals surface area contributed by atoms with E-state index in [9.17, 15) is 9.59 Å². The Morgan fingerprint density at radius 3 is 2.86 bits per heavy atom. The van der Waals surface area contributed by atoms with Gasteiger partial charge in [0.25, 0.3) is 5.91 Å². The molecule has 0 unspecified atom stereocenters. The van der Waals surface area contributed by atoms with Crippen molar-refractivity contribution in [3.05, 3.63) is 46.9 Å². The second-order valence-corrected chi connectivity index (χ2v) is 8.06. The lowest BCUT2D eigenvalue weighted by molar-refractivity contribution is 0.0520. The van der Waals surface area contributed by atoms with Crippen molar-refractivity contribution in [2.45, 2.75) is 46.2 Å². The van der Waals surface area contributed by atoms with Gasteiger partial charge in [-0.05, 0) is 68.9 Å². The number of carbonyl (C=O) groups excluding carboxylic acids is 2. The van der Waals surface area contributed by atoms with Gasteiger partial charge >= 0.3 is 5.97 Å². The number of rotatable bonds is 5. The highest BCUT2D eigenvalue weighted by atomic mass is 16.5. The summed E-state index contributed by atoms with van der Waals surface area (Å²) in [7, 11) is 0. The topological polar surface area (TPSA) is 80.2 Å². The van der Waals surface area contributed by atoms with E-state index in [1.165, 1.54) is 12.8 Å². The quantitative estimate of drug-likeness (QED) is 0.673. The summed E-state index contributed by atoms with van der Waals surface area (Å²) >= 11 is 0. The number of amides is 1. The van der Waals surface area contributed by atoms with Crippen LogP contribution in [0.3, 0.4) is 0 Å². The van der Waals surface area contributed by atoms with Gasteiger partial charge in [-0.15, -0.1) is 0 Å². The minimum absolute atomic E-state index is 0.144. The third kappa shape index (κ3) is 2.84. The molecule has 2 aliphatic rings. The van der Waals surface area contributed by atoms with Crippen molar-refractivity contribution in [1.29, 1.82) is 0 Å². The molecule has 3 aromatic rings. The Balaban J connectivity index is 1.52. The maximum absolute atomic E-state index is 13.0. The van der Waals surface area contributed by atoms with Crippen molar-refractivity contribution in [3.63, 3.8) is 0 Å². The molecule has 7 heteroatoms. The monoisotopic (exact) mass is 392 g/mol. The summed E-state index contributed by atoms with van der Waals surface area (Å²) in [5, 5.41) is 0. The summed E-state index contributed by atoms with van der Waals surface area (Å²) in [6.45, 7) is 6.90. The summed E-state index contributed by atoms with van der Waals surface area (Å²) in [4.78, 5) is 34.4. The molecule has 0 spiro atoms. The van der Waals surface area contributed by atoms with Gasteiger partial charge in [0, 0.05) is 23.8 Å². The number of nitrogens with zero attached hydrogens (tertiary/aromatic N) is 3. The zero-order valence-corrected chi connectivity index (χ0v) is 16.9. The van der Waals surface area contributed by atoms with Crippen molar-refractivity contribution in [2.75, 3.05) is 6.61 Å². The van der Waals surface area contributed by atoms with E-state index in [4.69, 9.17) is 4.74 Å². The van der Waals surface area contributed by atoms with Gasteiger partial charge in [-0.25, -0.2) is 9.78 Å². The Kier molecular flexibility index (Phi) is 4.01. The smallest absolute Gasteiger partial charge is 0.354 e. The molecule has 29 heavy (non-hydrogen) atoms. The highest BCUT2D eigenvalue weighted by Crippen LogP contribution is 2.39. The normalized spacial score (nSPS) is 17.1. The number of nitrogens with one attached hydrogen (secondary N) is 1. The fourth-order valence-corrected chi connectivity index (χ4v) is 4.39. The van der Waals surface area contributed by atoms with Gasteiger partial charge in [0.2, 0.25) is 0 Å². The van der Waals surface area contributed by atoms with Crippen LogP contribution in [-0.4, -0.2) is 44.0 Å². The third-order valence-corrected chi connectivity index (χ3v) is 6.13. The first-order valence-corrected chi connectivity index (χ1v) is 10.2. The number of hydrogen-bond acceptors (Lipinski definition) is 4. The first-order chi connectivity index (χ1) is 14.0. The number of imidazole rings is 1. The maximum Gasteiger partial charge on any atom is 0.354 e. The predicted molar refractivity (Wildman–Crippen MR) is 108 cm³/mol. The van der Waals surface area contributed by atoms with Crippen LogP contribution in [0, 0.1) is 12.8 Å². The number of aromatic nitrogens is 3. The van der Waals surface area contributed by atoms with E-state index in [-0.39, 0.29) is 11.9 Å². The SMILES string of the molecule is CCOC(=O)c1cc2c(ncn2-c2cc(C)c3c(c2)CN([C@@H](C)C2CC2)C3=O)[nH]1. The van der Waals surface area contributed by atoms with Crippen LogP contribution >= 0.6 is 0 Å². The Hall–Kier alpha value is -3.09. The number of esters is 1. The van der Waals surface area contributed by atoms with E-state index >= 15 is 0 Å². The average molecular weight is 392 g/mol. The Bertz CT molecular complexity index is 1140. The fourth-order valence-electron chi connectivity index (χ4n) is 4.39. The molecule has 1 aromatic carbocycles. The molecule has 0 saturated heterocycles. The second-order valence-electron chi connectivity index (χ2n) is 8.06. The summed E-state index contributed by atoms with van der Waals surface area (Å²) in [5.74, 6) is 0.394. The number of aromatic amines is 1. The summed E-state index contributed by atoms with van der Waals surface area (Å²) < 4.78 is 7.02. The molecule has 3 heterocycles. The van der Waals surface area contributed by atoms with E-state index in [1.807, 2.05) is 22.5 Å². The molecule has 7 nitrogen and oxygen atoms in total. The largest absolute Gasteiger partial charge is 0.461 e. The molecule has 5 rings (SSSR count). The van der Waals surface area contributed by atoms with Crippen LogP contribution in [0.25, 0.3) is 16.9 Å². The van der Waals surface area contributed by atoms with Crippen LogP contribution in [0.2, 0.25) is 0 Å². The van der Waals surface area contributed by atoms with Crippen molar-refractivity contribution < 1.29 is 14.3 Å². The highest BCUT2D eigenvalue weighted by Gasteiger charge is 2.39. The van der Waals surface area contributed by atoms with Crippen LogP contribution in [0.4, 0.5) is 0 Å². The van der Waals surface area contributed by atoms with Crippen LogP contribution in [-0.2, 0) is 11.3 Å². The first-order valence-electron chi connectivity index (χ1n) is 10.2. The molecule has 1 N–H and O–H groups in total.